The quantitative estimate of drug-likeness (QED) is 0.339. The predicted molar refractivity (Wildman–Crippen MR) is 121 cm³/mol. The first-order valence-electron chi connectivity index (χ1n) is 11.8. The third kappa shape index (κ3) is 7.45. The van der Waals surface area contributed by atoms with Crippen LogP contribution in [-0.2, 0) is 4.79 Å². The first-order valence-corrected chi connectivity index (χ1v) is 11.8. The van der Waals surface area contributed by atoms with Crippen LogP contribution in [0.5, 0.6) is 0 Å². The molecular weight excluding hydrogens is 364 g/mol. The number of hydrogen-bond donors (Lipinski definition) is 1. The van der Waals surface area contributed by atoms with Crippen molar-refractivity contribution >= 4 is 11.9 Å². The van der Waals surface area contributed by atoms with Gasteiger partial charge in [-0.05, 0) is 58.7 Å². The largest absolute Gasteiger partial charge is 0.356 e. The number of hydrogen-bond acceptors (Lipinski definition) is 4. The first kappa shape index (κ1) is 23.9. The molecule has 168 valence electrons. The normalized spacial score (nSPS) is 19.8. The standard InChI is InChI=1S/C22H44N6O/c1-5-11-25(12-6-2)13-9-10-24-22(23-4)28-18-16-26(17-19-28)20(3)21(29)27-14-7-8-15-27/h20H,5-19H2,1-4H3,(H,23,24). The maximum absolute atomic E-state index is 12.7. The molecule has 2 rings (SSSR count). The number of amides is 1. The van der Waals surface area contributed by atoms with E-state index in [2.05, 4.69) is 45.8 Å². The molecule has 0 aromatic heterocycles. The van der Waals surface area contributed by atoms with E-state index in [9.17, 15) is 4.79 Å². The zero-order valence-electron chi connectivity index (χ0n) is 19.3. The number of aliphatic imine (C=N–C) groups is 1. The monoisotopic (exact) mass is 408 g/mol. The van der Waals surface area contributed by atoms with Crippen LogP contribution in [0.4, 0.5) is 0 Å². The molecule has 1 unspecified atom stereocenters. The predicted octanol–water partition coefficient (Wildman–Crippen LogP) is 1.70. The van der Waals surface area contributed by atoms with Gasteiger partial charge in [0.15, 0.2) is 5.96 Å². The average Bonchev–Trinajstić information content (AvgIpc) is 3.28. The van der Waals surface area contributed by atoms with Gasteiger partial charge in [0.1, 0.15) is 0 Å². The summed E-state index contributed by atoms with van der Waals surface area (Å²) in [5, 5.41) is 3.55. The summed E-state index contributed by atoms with van der Waals surface area (Å²) in [6, 6.07) is -0.00617. The van der Waals surface area contributed by atoms with Gasteiger partial charge in [0, 0.05) is 52.9 Å². The van der Waals surface area contributed by atoms with Gasteiger partial charge in [0.2, 0.25) is 5.91 Å². The molecule has 1 atom stereocenters. The molecule has 2 fully saturated rings. The molecule has 2 aliphatic heterocycles. The molecule has 1 N–H and O–H groups in total. The van der Waals surface area contributed by atoms with E-state index in [0.717, 1.165) is 77.6 Å². The molecular formula is C22H44N6O. The molecule has 2 saturated heterocycles. The lowest BCUT2D eigenvalue weighted by Crippen LogP contribution is -2.57. The highest BCUT2D eigenvalue weighted by Crippen LogP contribution is 2.14. The molecule has 0 spiro atoms. The number of carbonyl (C=O) groups is 1. The zero-order valence-corrected chi connectivity index (χ0v) is 19.3. The van der Waals surface area contributed by atoms with Crippen molar-refractivity contribution in [2.75, 3.05) is 72.5 Å². The molecule has 0 aromatic rings. The SMILES string of the molecule is CCCN(CCC)CCCNC(=NC)N1CCN(C(C)C(=O)N2CCCC2)CC1. The van der Waals surface area contributed by atoms with Crippen molar-refractivity contribution in [1.29, 1.82) is 0 Å². The van der Waals surface area contributed by atoms with Crippen LogP contribution >= 0.6 is 0 Å². The second-order valence-corrected chi connectivity index (χ2v) is 8.40. The minimum atomic E-state index is -0.00617. The summed E-state index contributed by atoms with van der Waals surface area (Å²) in [7, 11) is 1.87. The van der Waals surface area contributed by atoms with Crippen molar-refractivity contribution in [3.8, 4) is 0 Å². The zero-order chi connectivity index (χ0) is 21.1. The summed E-state index contributed by atoms with van der Waals surface area (Å²) in [5.41, 5.74) is 0. The van der Waals surface area contributed by atoms with Crippen molar-refractivity contribution in [3.63, 3.8) is 0 Å². The van der Waals surface area contributed by atoms with Gasteiger partial charge in [-0.15, -0.1) is 0 Å². The molecule has 0 radical (unpaired) electrons. The Hall–Kier alpha value is -1.34. The molecule has 29 heavy (non-hydrogen) atoms. The first-order chi connectivity index (χ1) is 14.1. The second kappa shape index (κ2) is 13.1. The molecule has 7 nitrogen and oxygen atoms in total. The maximum Gasteiger partial charge on any atom is 0.239 e. The van der Waals surface area contributed by atoms with Crippen LogP contribution in [0.25, 0.3) is 0 Å². The Balaban J connectivity index is 1.70. The molecule has 0 aliphatic carbocycles. The Bertz CT molecular complexity index is 492. The van der Waals surface area contributed by atoms with Crippen LogP contribution in [-0.4, -0.2) is 110 Å². The number of rotatable bonds is 10. The van der Waals surface area contributed by atoms with Crippen LogP contribution < -0.4 is 5.32 Å². The summed E-state index contributed by atoms with van der Waals surface area (Å²) in [4.78, 5) is 26.4. The number of guanidine groups is 1. The van der Waals surface area contributed by atoms with Crippen LogP contribution in [0.3, 0.4) is 0 Å². The van der Waals surface area contributed by atoms with E-state index in [0.29, 0.717) is 5.91 Å². The highest BCUT2D eigenvalue weighted by Gasteiger charge is 2.30. The van der Waals surface area contributed by atoms with Gasteiger partial charge in [-0.25, -0.2) is 0 Å². The highest BCUT2D eigenvalue weighted by molar-refractivity contribution is 5.82. The van der Waals surface area contributed by atoms with E-state index in [1.807, 2.05) is 11.9 Å². The number of nitrogens with one attached hydrogen (secondary N) is 1. The number of carbonyl (C=O) groups excluding carboxylic acids is 1. The fourth-order valence-corrected chi connectivity index (χ4v) is 4.48. The third-order valence-corrected chi connectivity index (χ3v) is 6.16. The molecule has 7 heteroatoms. The van der Waals surface area contributed by atoms with E-state index in [4.69, 9.17) is 0 Å². The van der Waals surface area contributed by atoms with Gasteiger partial charge in [-0.3, -0.25) is 14.7 Å². The summed E-state index contributed by atoms with van der Waals surface area (Å²) in [6.45, 7) is 16.6. The molecule has 0 bridgehead atoms. The number of nitrogens with zero attached hydrogens (tertiary/aromatic N) is 5. The Morgan fingerprint density at radius 1 is 0.966 bits per heavy atom. The third-order valence-electron chi connectivity index (χ3n) is 6.16. The van der Waals surface area contributed by atoms with Crippen LogP contribution in [0, 0.1) is 0 Å². The molecule has 0 saturated carbocycles. The van der Waals surface area contributed by atoms with Gasteiger partial charge < -0.3 is 20.0 Å². The van der Waals surface area contributed by atoms with Crippen molar-refractivity contribution in [1.82, 2.24) is 24.9 Å². The van der Waals surface area contributed by atoms with E-state index >= 15 is 0 Å². The minimum absolute atomic E-state index is 0.00617. The van der Waals surface area contributed by atoms with Crippen molar-refractivity contribution in [2.24, 2.45) is 4.99 Å². The molecule has 0 aromatic carbocycles. The van der Waals surface area contributed by atoms with Crippen LogP contribution in [0.2, 0.25) is 0 Å². The highest BCUT2D eigenvalue weighted by atomic mass is 16.2. The summed E-state index contributed by atoms with van der Waals surface area (Å²) >= 11 is 0. The Kier molecular flexibility index (Phi) is 10.8. The van der Waals surface area contributed by atoms with Gasteiger partial charge in [-0.2, -0.15) is 0 Å². The Labute approximate surface area is 178 Å². The lowest BCUT2D eigenvalue weighted by atomic mass is 10.2. The number of piperazine rings is 1. The maximum atomic E-state index is 12.7. The van der Waals surface area contributed by atoms with E-state index in [1.54, 1.807) is 0 Å². The van der Waals surface area contributed by atoms with Crippen molar-refractivity contribution in [2.45, 2.75) is 58.9 Å². The summed E-state index contributed by atoms with van der Waals surface area (Å²) < 4.78 is 0. The number of likely N-dealkylation sites (tertiary alicyclic amines) is 1. The van der Waals surface area contributed by atoms with E-state index in [1.165, 1.54) is 25.9 Å². The fourth-order valence-electron chi connectivity index (χ4n) is 4.48. The Morgan fingerprint density at radius 3 is 2.14 bits per heavy atom. The molecule has 2 heterocycles. The lowest BCUT2D eigenvalue weighted by Gasteiger charge is -2.39. The lowest BCUT2D eigenvalue weighted by molar-refractivity contribution is -0.135. The molecule has 2 aliphatic rings. The molecule has 1 amide bonds. The van der Waals surface area contributed by atoms with Crippen molar-refractivity contribution in [3.05, 3.63) is 0 Å². The Morgan fingerprint density at radius 2 is 1.59 bits per heavy atom. The van der Waals surface area contributed by atoms with Gasteiger partial charge in [-0.1, -0.05) is 13.8 Å². The van der Waals surface area contributed by atoms with E-state index < -0.39 is 0 Å². The van der Waals surface area contributed by atoms with Gasteiger partial charge >= 0.3 is 0 Å². The van der Waals surface area contributed by atoms with Crippen LogP contribution in [0.15, 0.2) is 4.99 Å². The van der Waals surface area contributed by atoms with Gasteiger partial charge in [0.05, 0.1) is 6.04 Å². The average molecular weight is 409 g/mol. The summed E-state index contributed by atoms with van der Waals surface area (Å²) in [5.74, 6) is 1.31. The fraction of sp³-hybridized carbons (Fsp3) is 0.909. The topological polar surface area (TPSA) is 54.4 Å². The van der Waals surface area contributed by atoms with Gasteiger partial charge in [0.25, 0.3) is 0 Å². The second-order valence-electron chi connectivity index (χ2n) is 8.40. The minimum Gasteiger partial charge on any atom is -0.356 e. The smallest absolute Gasteiger partial charge is 0.239 e. The summed E-state index contributed by atoms with van der Waals surface area (Å²) in [6.07, 6.45) is 5.89. The van der Waals surface area contributed by atoms with Crippen LogP contribution in [0.1, 0.15) is 52.9 Å². The van der Waals surface area contributed by atoms with E-state index in [-0.39, 0.29) is 6.04 Å². The van der Waals surface area contributed by atoms with Crippen molar-refractivity contribution < 1.29 is 4.79 Å².